The monoisotopic (exact) mass is 451 g/mol. The first-order valence-electron chi connectivity index (χ1n) is 8.01. The van der Waals surface area contributed by atoms with Crippen molar-refractivity contribution in [2.75, 3.05) is 26.7 Å². The number of guanidine groups is 1. The van der Waals surface area contributed by atoms with Gasteiger partial charge in [0, 0.05) is 31.7 Å². The third-order valence-corrected chi connectivity index (χ3v) is 5.41. The number of halogens is 3. The molecule has 0 bridgehead atoms. The van der Waals surface area contributed by atoms with Gasteiger partial charge in [0.25, 0.3) is 0 Å². The van der Waals surface area contributed by atoms with Crippen molar-refractivity contribution in [3.8, 4) is 0 Å². The molecule has 0 unspecified atom stereocenters. The van der Waals surface area contributed by atoms with Crippen LogP contribution in [0.4, 0.5) is 4.39 Å². The molecule has 0 aromatic heterocycles. The van der Waals surface area contributed by atoms with Gasteiger partial charge in [-0.3, -0.25) is 4.99 Å². The van der Waals surface area contributed by atoms with Gasteiger partial charge in [-0.2, -0.15) is 0 Å². The van der Waals surface area contributed by atoms with Crippen LogP contribution in [0.15, 0.2) is 23.2 Å². The Kier molecular flexibility index (Phi) is 6.54. The van der Waals surface area contributed by atoms with E-state index in [9.17, 15) is 4.39 Å². The van der Waals surface area contributed by atoms with Gasteiger partial charge in [-0.15, -0.1) is 24.0 Å². The molecule has 1 aromatic carbocycles. The third-order valence-electron chi connectivity index (χ3n) is 5.06. The Morgan fingerprint density at radius 3 is 2.74 bits per heavy atom. The van der Waals surface area contributed by atoms with E-state index in [4.69, 9.17) is 11.6 Å². The summed E-state index contributed by atoms with van der Waals surface area (Å²) in [7, 11) is 1.83. The largest absolute Gasteiger partial charge is 0.356 e. The van der Waals surface area contributed by atoms with Crippen molar-refractivity contribution in [1.82, 2.24) is 10.2 Å². The first-order chi connectivity index (χ1) is 10.6. The number of benzene rings is 1. The van der Waals surface area contributed by atoms with E-state index in [2.05, 4.69) is 15.2 Å². The van der Waals surface area contributed by atoms with Gasteiger partial charge in [-0.05, 0) is 48.8 Å². The molecule has 3 nitrogen and oxygen atoms in total. The average Bonchev–Trinajstić information content (AvgIpc) is 2.91. The lowest BCUT2D eigenvalue weighted by Gasteiger charge is -2.38. The van der Waals surface area contributed by atoms with Gasteiger partial charge < -0.3 is 10.2 Å². The highest BCUT2D eigenvalue weighted by Crippen LogP contribution is 2.47. The number of aliphatic imine (C=N–C) groups is 1. The molecule has 1 spiro atoms. The molecule has 1 N–H and O–H groups in total. The molecule has 0 radical (unpaired) electrons. The van der Waals surface area contributed by atoms with E-state index in [0.717, 1.165) is 37.6 Å². The number of likely N-dealkylation sites (tertiary alicyclic amines) is 1. The molecule has 128 valence electrons. The summed E-state index contributed by atoms with van der Waals surface area (Å²) >= 11 is 6.06. The molecule has 0 amide bonds. The third kappa shape index (κ3) is 4.29. The molecule has 23 heavy (non-hydrogen) atoms. The topological polar surface area (TPSA) is 27.6 Å². The van der Waals surface area contributed by atoms with Crippen LogP contribution in [0.1, 0.15) is 31.2 Å². The molecule has 1 saturated heterocycles. The SMILES string of the molecule is CN=C(NCCc1ccc(F)cc1Cl)N1CCC2(CCC2)C1.I. The quantitative estimate of drug-likeness (QED) is 0.426. The van der Waals surface area contributed by atoms with Gasteiger partial charge in [0.1, 0.15) is 5.82 Å². The molecule has 1 saturated carbocycles. The van der Waals surface area contributed by atoms with Crippen molar-refractivity contribution in [1.29, 1.82) is 0 Å². The Balaban J connectivity index is 0.00000192. The van der Waals surface area contributed by atoms with Crippen LogP contribution in [0.3, 0.4) is 0 Å². The Bertz CT molecular complexity index is 575. The van der Waals surface area contributed by atoms with Crippen molar-refractivity contribution in [3.63, 3.8) is 0 Å². The van der Waals surface area contributed by atoms with Crippen LogP contribution in [0.5, 0.6) is 0 Å². The highest BCUT2D eigenvalue weighted by atomic mass is 127. The summed E-state index contributed by atoms with van der Waals surface area (Å²) in [5.74, 6) is 0.683. The molecule has 0 atom stereocenters. The van der Waals surface area contributed by atoms with Crippen LogP contribution in [0, 0.1) is 11.2 Å². The molecule has 1 heterocycles. The number of hydrogen-bond donors (Lipinski definition) is 1. The van der Waals surface area contributed by atoms with Gasteiger partial charge in [-0.25, -0.2) is 4.39 Å². The fourth-order valence-electron chi connectivity index (χ4n) is 3.57. The summed E-state index contributed by atoms with van der Waals surface area (Å²) in [5, 5.41) is 3.90. The summed E-state index contributed by atoms with van der Waals surface area (Å²) in [4.78, 5) is 6.77. The first-order valence-corrected chi connectivity index (χ1v) is 8.39. The van der Waals surface area contributed by atoms with Crippen molar-refractivity contribution < 1.29 is 4.39 Å². The standard InChI is InChI=1S/C17H23ClFN3.HI/c1-20-16(22-10-8-17(12-22)6-2-7-17)21-9-5-13-3-4-14(19)11-15(13)18;/h3-4,11H,2,5-10,12H2,1H3,(H,20,21);1H. The second-order valence-electron chi connectivity index (χ2n) is 6.48. The molecule has 1 aliphatic heterocycles. The van der Waals surface area contributed by atoms with Gasteiger partial charge in [0.15, 0.2) is 5.96 Å². The maximum Gasteiger partial charge on any atom is 0.193 e. The summed E-state index contributed by atoms with van der Waals surface area (Å²) in [6, 6.07) is 4.57. The van der Waals surface area contributed by atoms with E-state index in [1.54, 1.807) is 6.07 Å². The van der Waals surface area contributed by atoms with Crippen LogP contribution in [-0.4, -0.2) is 37.5 Å². The van der Waals surface area contributed by atoms with Crippen LogP contribution in [0.2, 0.25) is 5.02 Å². The molecule has 3 rings (SSSR count). The fourth-order valence-corrected chi connectivity index (χ4v) is 3.83. The smallest absolute Gasteiger partial charge is 0.193 e. The molecular weight excluding hydrogens is 428 g/mol. The van der Waals surface area contributed by atoms with E-state index in [0.29, 0.717) is 10.4 Å². The predicted molar refractivity (Wildman–Crippen MR) is 104 cm³/mol. The lowest BCUT2D eigenvalue weighted by atomic mass is 9.68. The van der Waals surface area contributed by atoms with Crippen molar-refractivity contribution in [2.24, 2.45) is 10.4 Å². The zero-order chi connectivity index (χ0) is 15.6. The number of nitrogens with zero attached hydrogens (tertiary/aromatic N) is 2. The molecule has 6 heteroatoms. The zero-order valence-corrected chi connectivity index (χ0v) is 16.5. The van der Waals surface area contributed by atoms with E-state index in [1.807, 2.05) is 7.05 Å². The Hall–Kier alpha value is -0.560. The predicted octanol–water partition coefficient (Wildman–Crippen LogP) is 4.09. The summed E-state index contributed by atoms with van der Waals surface area (Å²) in [6.45, 7) is 2.97. The molecule has 2 fully saturated rings. The van der Waals surface area contributed by atoms with E-state index >= 15 is 0 Å². The van der Waals surface area contributed by atoms with E-state index in [-0.39, 0.29) is 29.8 Å². The Morgan fingerprint density at radius 1 is 1.39 bits per heavy atom. The lowest BCUT2D eigenvalue weighted by Crippen LogP contribution is -2.43. The summed E-state index contributed by atoms with van der Waals surface area (Å²) in [6.07, 6.45) is 6.16. The maximum absolute atomic E-state index is 13.0. The molecular formula is C17H24ClFIN3. The van der Waals surface area contributed by atoms with Gasteiger partial charge >= 0.3 is 0 Å². The Labute approximate surface area is 159 Å². The molecule has 2 aliphatic rings. The minimum absolute atomic E-state index is 0. The first kappa shape index (κ1) is 18.8. The number of nitrogens with one attached hydrogen (secondary N) is 1. The maximum atomic E-state index is 13.0. The number of hydrogen-bond acceptors (Lipinski definition) is 1. The molecule has 1 aromatic rings. The highest BCUT2D eigenvalue weighted by Gasteiger charge is 2.43. The van der Waals surface area contributed by atoms with Crippen LogP contribution >= 0.6 is 35.6 Å². The van der Waals surface area contributed by atoms with Crippen LogP contribution in [-0.2, 0) is 6.42 Å². The van der Waals surface area contributed by atoms with Crippen LogP contribution < -0.4 is 5.32 Å². The summed E-state index contributed by atoms with van der Waals surface area (Å²) < 4.78 is 13.0. The van der Waals surface area contributed by atoms with E-state index < -0.39 is 0 Å². The second-order valence-corrected chi connectivity index (χ2v) is 6.89. The second kappa shape index (κ2) is 8.01. The number of rotatable bonds is 3. The van der Waals surface area contributed by atoms with Crippen molar-refractivity contribution in [2.45, 2.75) is 32.1 Å². The lowest BCUT2D eigenvalue weighted by molar-refractivity contribution is 0.151. The van der Waals surface area contributed by atoms with Gasteiger partial charge in [-0.1, -0.05) is 24.1 Å². The Morgan fingerprint density at radius 2 is 2.17 bits per heavy atom. The highest BCUT2D eigenvalue weighted by molar-refractivity contribution is 14.0. The van der Waals surface area contributed by atoms with Gasteiger partial charge in [0.05, 0.1) is 0 Å². The zero-order valence-electron chi connectivity index (χ0n) is 13.4. The minimum atomic E-state index is -0.291. The minimum Gasteiger partial charge on any atom is -0.356 e. The van der Waals surface area contributed by atoms with Crippen LogP contribution in [0.25, 0.3) is 0 Å². The van der Waals surface area contributed by atoms with Crippen molar-refractivity contribution >= 4 is 41.5 Å². The van der Waals surface area contributed by atoms with E-state index in [1.165, 1.54) is 37.8 Å². The normalized spacial score (nSPS) is 19.4. The molecule has 1 aliphatic carbocycles. The van der Waals surface area contributed by atoms with Gasteiger partial charge in [0.2, 0.25) is 0 Å². The fraction of sp³-hybridized carbons (Fsp3) is 0.588. The average molecular weight is 452 g/mol. The van der Waals surface area contributed by atoms with Crippen molar-refractivity contribution in [3.05, 3.63) is 34.6 Å². The summed E-state index contributed by atoms with van der Waals surface area (Å²) in [5.41, 5.74) is 1.53.